The van der Waals surface area contributed by atoms with Crippen LogP contribution >= 0.6 is 0 Å². The van der Waals surface area contributed by atoms with Crippen LogP contribution in [0.15, 0.2) is 12.4 Å². The Hall–Kier alpha value is -1.89. The molecule has 1 saturated carbocycles. The van der Waals surface area contributed by atoms with Crippen LogP contribution in [0.5, 0.6) is 0 Å². The highest BCUT2D eigenvalue weighted by atomic mass is 16.3. The zero-order valence-corrected chi connectivity index (χ0v) is 14.3. The Kier molecular flexibility index (Phi) is 4.89. The molecule has 1 unspecified atom stereocenters. The van der Waals surface area contributed by atoms with E-state index in [0.29, 0.717) is 6.54 Å². The number of hydrogen-bond donors (Lipinski definition) is 2. The fraction of sp³-hybridized carbons (Fsp3) is 0.706. The van der Waals surface area contributed by atoms with Gasteiger partial charge < -0.3 is 15.3 Å². The van der Waals surface area contributed by atoms with Gasteiger partial charge in [0.25, 0.3) is 0 Å². The van der Waals surface area contributed by atoms with E-state index in [-0.39, 0.29) is 42.3 Å². The van der Waals surface area contributed by atoms with E-state index in [1.807, 2.05) is 24.7 Å². The number of aliphatic hydroxyl groups is 1. The van der Waals surface area contributed by atoms with E-state index in [1.165, 1.54) is 0 Å². The molecule has 1 aromatic rings. The first-order valence-corrected chi connectivity index (χ1v) is 8.77. The number of aromatic nitrogens is 2. The summed E-state index contributed by atoms with van der Waals surface area (Å²) in [5.41, 5.74) is 0.754. The summed E-state index contributed by atoms with van der Waals surface area (Å²) in [6.07, 6.45) is 6.61. The SMILES string of the molecule is CC(C)n1cc(N2CC(C(=O)NC3CCC(O)CC3)CC2=O)cn1. The van der Waals surface area contributed by atoms with Gasteiger partial charge in [-0.3, -0.25) is 14.3 Å². The Balaban J connectivity index is 1.58. The van der Waals surface area contributed by atoms with Crippen molar-refractivity contribution in [2.75, 3.05) is 11.4 Å². The molecule has 0 aromatic carbocycles. The zero-order valence-electron chi connectivity index (χ0n) is 14.3. The number of carbonyl (C=O) groups is 2. The number of hydrogen-bond acceptors (Lipinski definition) is 4. The Morgan fingerprint density at radius 3 is 2.67 bits per heavy atom. The van der Waals surface area contributed by atoms with Crippen LogP contribution < -0.4 is 10.2 Å². The molecule has 1 aliphatic heterocycles. The highest BCUT2D eigenvalue weighted by Crippen LogP contribution is 2.26. The number of nitrogens with one attached hydrogen (secondary N) is 1. The molecule has 3 rings (SSSR count). The second kappa shape index (κ2) is 6.93. The smallest absolute Gasteiger partial charge is 0.227 e. The topological polar surface area (TPSA) is 87.5 Å². The fourth-order valence-corrected chi connectivity index (χ4v) is 3.42. The van der Waals surface area contributed by atoms with Crippen LogP contribution in [0, 0.1) is 5.92 Å². The van der Waals surface area contributed by atoms with E-state index in [4.69, 9.17) is 0 Å². The van der Waals surface area contributed by atoms with Gasteiger partial charge in [-0.15, -0.1) is 0 Å². The molecule has 0 spiro atoms. The molecule has 0 radical (unpaired) electrons. The molecule has 1 saturated heterocycles. The van der Waals surface area contributed by atoms with Crippen molar-refractivity contribution in [3.05, 3.63) is 12.4 Å². The van der Waals surface area contributed by atoms with Gasteiger partial charge in [-0.1, -0.05) is 0 Å². The Bertz CT molecular complexity index is 605. The third-order valence-electron chi connectivity index (χ3n) is 4.97. The maximum absolute atomic E-state index is 12.5. The van der Waals surface area contributed by atoms with Gasteiger partial charge in [0, 0.05) is 31.2 Å². The molecule has 1 atom stereocenters. The Labute approximate surface area is 142 Å². The van der Waals surface area contributed by atoms with Crippen molar-refractivity contribution in [1.82, 2.24) is 15.1 Å². The van der Waals surface area contributed by atoms with Crippen molar-refractivity contribution in [3.63, 3.8) is 0 Å². The summed E-state index contributed by atoms with van der Waals surface area (Å²) >= 11 is 0. The van der Waals surface area contributed by atoms with Crippen LogP contribution in [-0.4, -0.2) is 45.4 Å². The third kappa shape index (κ3) is 3.61. The number of anilines is 1. The first-order chi connectivity index (χ1) is 11.4. The van der Waals surface area contributed by atoms with Gasteiger partial charge in [0.1, 0.15) is 0 Å². The predicted octanol–water partition coefficient (Wildman–Crippen LogP) is 1.24. The van der Waals surface area contributed by atoms with Crippen molar-refractivity contribution in [2.24, 2.45) is 5.92 Å². The zero-order chi connectivity index (χ0) is 17.3. The summed E-state index contributed by atoms with van der Waals surface area (Å²) in [4.78, 5) is 26.4. The van der Waals surface area contributed by atoms with Crippen molar-refractivity contribution >= 4 is 17.5 Å². The molecule has 0 bridgehead atoms. The summed E-state index contributed by atoms with van der Waals surface area (Å²) < 4.78 is 1.81. The lowest BCUT2D eigenvalue weighted by atomic mass is 9.92. The molecule has 7 heteroatoms. The highest BCUT2D eigenvalue weighted by Gasteiger charge is 2.36. The second-order valence-electron chi connectivity index (χ2n) is 7.19. The first kappa shape index (κ1) is 17.0. The van der Waals surface area contributed by atoms with Gasteiger partial charge in [-0.25, -0.2) is 0 Å². The second-order valence-corrected chi connectivity index (χ2v) is 7.19. The number of nitrogens with zero attached hydrogens (tertiary/aromatic N) is 3. The van der Waals surface area contributed by atoms with Gasteiger partial charge in [-0.05, 0) is 39.5 Å². The highest BCUT2D eigenvalue weighted by molar-refractivity contribution is 6.00. The summed E-state index contributed by atoms with van der Waals surface area (Å²) in [7, 11) is 0. The minimum absolute atomic E-state index is 0.0301. The molecule has 2 amide bonds. The molecule has 2 fully saturated rings. The Morgan fingerprint density at radius 2 is 2.04 bits per heavy atom. The summed E-state index contributed by atoms with van der Waals surface area (Å²) in [5.74, 6) is -0.396. The predicted molar refractivity (Wildman–Crippen MR) is 89.5 cm³/mol. The minimum atomic E-state index is -0.313. The number of rotatable bonds is 4. The van der Waals surface area contributed by atoms with Crippen LogP contribution in [-0.2, 0) is 9.59 Å². The lowest BCUT2D eigenvalue weighted by Crippen LogP contribution is -2.42. The van der Waals surface area contributed by atoms with Crippen molar-refractivity contribution in [1.29, 1.82) is 0 Å². The first-order valence-electron chi connectivity index (χ1n) is 8.77. The maximum Gasteiger partial charge on any atom is 0.227 e. The van der Waals surface area contributed by atoms with Crippen molar-refractivity contribution in [2.45, 2.75) is 64.1 Å². The minimum Gasteiger partial charge on any atom is -0.393 e. The number of amides is 2. The molecule has 1 aliphatic carbocycles. The third-order valence-corrected chi connectivity index (χ3v) is 4.97. The van der Waals surface area contributed by atoms with Crippen molar-refractivity contribution in [3.8, 4) is 0 Å². The molecule has 2 N–H and O–H groups in total. The largest absolute Gasteiger partial charge is 0.393 e. The van der Waals surface area contributed by atoms with Crippen LogP contribution in [0.25, 0.3) is 0 Å². The van der Waals surface area contributed by atoms with E-state index in [1.54, 1.807) is 11.1 Å². The van der Waals surface area contributed by atoms with E-state index in [2.05, 4.69) is 10.4 Å². The van der Waals surface area contributed by atoms with Gasteiger partial charge in [0.05, 0.1) is 23.9 Å². The average Bonchev–Trinajstić information content (AvgIpc) is 3.16. The van der Waals surface area contributed by atoms with Crippen LogP contribution in [0.2, 0.25) is 0 Å². The molecular weight excluding hydrogens is 308 g/mol. The van der Waals surface area contributed by atoms with Crippen LogP contribution in [0.4, 0.5) is 5.69 Å². The molecule has 132 valence electrons. The quantitative estimate of drug-likeness (QED) is 0.867. The Morgan fingerprint density at radius 1 is 1.33 bits per heavy atom. The molecule has 1 aromatic heterocycles. The van der Waals surface area contributed by atoms with Gasteiger partial charge in [0.2, 0.25) is 11.8 Å². The molecule has 7 nitrogen and oxygen atoms in total. The van der Waals surface area contributed by atoms with E-state index < -0.39 is 0 Å². The molecule has 24 heavy (non-hydrogen) atoms. The van der Waals surface area contributed by atoms with Gasteiger partial charge >= 0.3 is 0 Å². The standard InChI is InChI=1S/C17H26N4O3/c1-11(2)21-10-14(8-18-21)20-9-12(7-16(20)23)17(24)19-13-3-5-15(22)6-4-13/h8,10-13,15,22H,3-7,9H2,1-2H3,(H,19,24). The van der Waals surface area contributed by atoms with E-state index in [9.17, 15) is 14.7 Å². The maximum atomic E-state index is 12.5. The van der Waals surface area contributed by atoms with Gasteiger partial charge in [0.15, 0.2) is 0 Å². The summed E-state index contributed by atoms with van der Waals surface area (Å²) in [5, 5.41) is 16.8. The summed E-state index contributed by atoms with van der Waals surface area (Å²) in [6, 6.07) is 0.353. The van der Waals surface area contributed by atoms with Crippen LogP contribution in [0.1, 0.15) is 52.0 Å². The number of aliphatic hydroxyl groups excluding tert-OH is 1. The normalized spacial score (nSPS) is 27.8. The lowest BCUT2D eigenvalue weighted by molar-refractivity contribution is -0.127. The monoisotopic (exact) mass is 334 g/mol. The van der Waals surface area contributed by atoms with Gasteiger partial charge in [-0.2, -0.15) is 5.10 Å². The van der Waals surface area contributed by atoms with E-state index >= 15 is 0 Å². The molecule has 2 heterocycles. The van der Waals surface area contributed by atoms with Crippen LogP contribution in [0.3, 0.4) is 0 Å². The average molecular weight is 334 g/mol. The van der Waals surface area contributed by atoms with E-state index in [0.717, 1.165) is 31.4 Å². The molecule has 2 aliphatic rings. The lowest BCUT2D eigenvalue weighted by Gasteiger charge is -2.27. The number of carbonyl (C=O) groups excluding carboxylic acids is 2. The molecular formula is C17H26N4O3. The fourth-order valence-electron chi connectivity index (χ4n) is 3.42. The summed E-state index contributed by atoms with van der Waals surface area (Å²) in [6.45, 7) is 4.46. The van der Waals surface area contributed by atoms with Crippen molar-refractivity contribution < 1.29 is 14.7 Å².